The van der Waals surface area contributed by atoms with Crippen LogP contribution in [0.5, 0.6) is 0 Å². The molecule has 0 aliphatic heterocycles. The first-order valence-corrected chi connectivity index (χ1v) is 12.2. The minimum absolute atomic E-state index is 0.0634. The van der Waals surface area contributed by atoms with Gasteiger partial charge in [-0.05, 0) is 37.0 Å². The summed E-state index contributed by atoms with van der Waals surface area (Å²) in [5.74, 6) is -0.437. The first-order chi connectivity index (χ1) is 16.3. The van der Waals surface area contributed by atoms with Gasteiger partial charge in [0.1, 0.15) is 12.6 Å². The second-order valence-corrected chi connectivity index (χ2v) is 8.98. The molecule has 3 rings (SSSR count). The number of benzene rings is 2. The largest absolute Gasteiger partial charge is 0.445 e. The molecule has 2 amide bonds. The van der Waals surface area contributed by atoms with E-state index in [4.69, 9.17) is 9.88 Å². The van der Waals surface area contributed by atoms with Crippen molar-refractivity contribution in [3.8, 4) is 0 Å². The number of ether oxygens (including phenoxy) is 1. The molecule has 180 valence electrons. The molecule has 1 atom stereocenters. The zero-order valence-corrected chi connectivity index (χ0v) is 19.3. The molecule has 0 saturated heterocycles. The fourth-order valence-electron chi connectivity index (χ4n) is 3.23. The molecular formula is C23H27N5O5S. The summed E-state index contributed by atoms with van der Waals surface area (Å²) in [6.07, 6.45) is 1.96. The molecule has 0 bridgehead atoms. The van der Waals surface area contributed by atoms with Gasteiger partial charge in [-0.25, -0.2) is 14.7 Å². The minimum Gasteiger partial charge on any atom is -0.445 e. The number of rotatable bonds is 11. The molecule has 0 saturated carbocycles. The van der Waals surface area contributed by atoms with Crippen molar-refractivity contribution in [3.63, 3.8) is 0 Å². The minimum atomic E-state index is -3.78. The quantitative estimate of drug-likeness (QED) is 0.306. The second-order valence-electron chi connectivity index (χ2n) is 7.60. The fraction of sp³-hybridized carbons (Fsp3) is 0.261. The number of hydrogen-bond donors (Lipinski definition) is 4. The maximum absolute atomic E-state index is 12.9. The van der Waals surface area contributed by atoms with Crippen LogP contribution in [0.4, 0.5) is 10.5 Å². The number of para-hydroxylation sites is 1. The van der Waals surface area contributed by atoms with Crippen molar-refractivity contribution < 1.29 is 22.7 Å². The smallest absolute Gasteiger partial charge is 0.408 e. The Morgan fingerprint density at radius 2 is 1.76 bits per heavy atom. The third kappa shape index (κ3) is 8.43. The Kier molecular flexibility index (Phi) is 8.91. The Balaban J connectivity index is 1.61. The molecule has 2 aromatic carbocycles. The predicted octanol–water partition coefficient (Wildman–Crippen LogP) is 2.43. The topological polar surface area (TPSA) is 153 Å². The number of carbonyl (C=O) groups is 2. The van der Waals surface area contributed by atoms with Gasteiger partial charge in [-0.15, -0.1) is 0 Å². The van der Waals surface area contributed by atoms with E-state index in [9.17, 15) is 18.0 Å². The summed E-state index contributed by atoms with van der Waals surface area (Å²) in [5, 5.41) is 11.1. The van der Waals surface area contributed by atoms with Gasteiger partial charge < -0.3 is 15.4 Å². The van der Waals surface area contributed by atoms with Gasteiger partial charge in [-0.3, -0.25) is 9.78 Å². The van der Waals surface area contributed by atoms with E-state index in [-0.39, 0.29) is 19.6 Å². The molecule has 10 nitrogen and oxygen atoms in total. The highest BCUT2D eigenvalue weighted by atomic mass is 32.2. The SMILES string of the molecule is NS(=O)(=O)NCCCC[C@H](NC(=O)OCc1ccccc1)C(=O)Nc1cnc2ccccc2c1. The van der Waals surface area contributed by atoms with Crippen LogP contribution in [0.1, 0.15) is 24.8 Å². The van der Waals surface area contributed by atoms with Crippen LogP contribution in [0, 0.1) is 0 Å². The van der Waals surface area contributed by atoms with Crippen LogP contribution >= 0.6 is 0 Å². The monoisotopic (exact) mass is 485 g/mol. The summed E-state index contributed by atoms with van der Waals surface area (Å²) in [6.45, 7) is 0.189. The summed E-state index contributed by atoms with van der Waals surface area (Å²) in [7, 11) is -3.78. The number of anilines is 1. The van der Waals surface area contributed by atoms with Crippen LogP contribution in [0.15, 0.2) is 66.9 Å². The molecule has 0 unspecified atom stereocenters. The van der Waals surface area contributed by atoms with Gasteiger partial charge in [0, 0.05) is 11.9 Å². The number of amides is 2. The van der Waals surface area contributed by atoms with Gasteiger partial charge in [0.2, 0.25) is 5.91 Å². The van der Waals surface area contributed by atoms with Gasteiger partial charge in [0.25, 0.3) is 10.2 Å². The molecule has 5 N–H and O–H groups in total. The van der Waals surface area contributed by atoms with Gasteiger partial charge >= 0.3 is 6.09 Å². The van der Waals surface area contributed by atoms with Crippen LogP contribution in [0.25, 0.3) is 10.9 Å². The normalized spacial score (nSPS) is 12.1. The summed E-state index contributed by atoms with van der Waals surface area (Å²) in [5.41, 5.74) is 2.10. The highest BCUT2D eigenvalue weighted by Crippen LogP contribution is 2.17. The van der Waals surface area contributed by atoms with Gasteiger partial charge in [-0.1, -0.05) is 48.5 Å². The molecule has 11 heteroatoms. The number of nitrogens with one attached hydrogen (secondary N) is 3. The molecule has 1 heterocycles. The molecule has 34 heavy (non-hydrogen) atoms. The van der Waals surface area contributed by atoms with Crippen LogP contribution < -0.4 is 20.5 Å². The third-order valence-corrected chi connectivity index (χ3v) is 5.51. The summed E-state index contributed by atoms with van der Waals surface area (Å²) >= 11 is 0. The van der Waals surface area contributed by atoms with Crippen LogP contribution in [-0.2, 0) is 26.3 Å². The average Bonchev–Trinajstić information content (AvgIpc) is 2.81. The van der Waals surface area contributed by atoms with E-state index in [1.54, 1.807) is 12.3 Å². The maximum Gasteiger partial charge on any atom is 0.408 e. The van der Waals surface area contributed by atoms with Gasteiger partial charge in [0.15, 0.2) is 0 Å². The zero-order chi connectivity index (χ0) is 24.4. The lowest BCUT2D eigenvalue weighted by atomic mass is 10.1. The number of pyridine rings is 1. The second kappa shape index (κ2) is 12.1. The molecular weight excluding hydrogens is 458 g/mol. The number of carbonyl (C=O) groups excluding carboxylic acids is 2. The first kappa shape index (κ1) is 25.1. The predicted molar refractivity (Wildman–Crippen MR) is 129 cm³/mol. The Labute approximate surface area is 198 Å². The lowest BCUT2D eigenvalue weighted by Crippen LogP contribution is -2.44. The van der Waals surface area contributed by atoms with Crippen molar-refractivity contribution >= 4 is 38.8 Å². The van der Waals surface area contributed by atoms with Crippen molar-refractivity contribution in [3.05, 3.63) is 72.4 Å². The number of nitrogens with two attached hydrogens (primary N) is 1. The van der Waals surface area contributed by atoms with Crippen molar-refractivity contribution in [2.24, 2.45) is 5.14 Å². The number of aromatic nitrogens is 1. The van der Waals surface area contributed by atoms with E-state index in [1.807, 2.05) is 54.6 Å². The van der Waals surface area contributed by atoms with E-state index in [0.717, 1.165) is 16.5 Å². The van der Waals surface area contributed by atoms with Crippen LogP contribution in [-0.4, -0.2) is 38.0 Å². The van der Waals surface area contributed by atoms with E-state index in [2.05, 4.69) is 20.3 Å². The van der Waals surface area contributed by atoms with E-state index in [0.29, 0.717) is 18.5 Å². The Bertz CT molecular complexity index is 1220. The van der Waals surface area contributed by atoms with E-state index in [1.165, 1.54) is 0 Å². The molecule has 0 aliphatic rings. The van der Waals surface area contributed by atoms with Gasteiger partial charge in [-0.2, -0.15) is 8.42 Å². The molecule has 1 aromatic heterocycles. The highest BCUT2D eigenvalue weighted by Gasteiger charge is 2.22. The van der Waals surface area contributed by atoms with Crippen LogP contribution in [0.3, 0.4) is 0 Å². The first-order valence-electron chi connectivity index (χ1n) is 10.7. The average molecular weight is 486 g/mol. The number of nitrogens with zero attached hydrogens (tertiary/aromatic N) is 1. The Hall–Kier alpha value is -3.54. The molecule has 0 spiro atoms. The number of fused-ring (bicyclic) bond motifs is 1. The number of unbranched alkanes of at least 4 members (excludes halogenated alkanes) is 1. The maximum atomic E-state index is 12.9. The standard InChI is InChI=1S/C23H27N5O5S/c24-34(31,32)26-13-7-6-12-21(28-23(30)33-16-17-8-2-1-3-9-17)22(29)27-19-14-18-10-4-5-11-20(18)25-15-19/h1-5,8-11,14-15,21,26H,6-7,12-13,16H2,(H,27,29)(H,28,30)(H2,24,31,32)/t21-/m0/s1. The highest BCUT2D eigenvalue weighted by molar-refractivity contribution is 7.87. The van der Waals surface area contributed by atoms with Crippen molar-refractivity contribution in [2.45, 2.75) is 31.9 Å². The van der Waals surface area contributed by atoms with Crippen LogP contribution in [0.2, 0.25) is 0 Å². The Morgan fingerprint density at radius 1 is 1.03 bits per heavy atom. The third-order valence-electron chi connectivity index (χ3n) is 4.90. The van der Waals surface area contributed by atoms with Gasteiger partial charge in [0.05, 0.1) is 17.4 Å². The van der Waals surface area contributed by atoms with E-state index >= 15 is 0 Å². The van der Waals surface area contributed by atoms with Crippen molar-refractivity contribution in [1.29, 1.82) is 0 Å². The number of hydrogen-bond acceptors (Lipinski definition) is 6. The summed E-state index contributed by atoms with van der Waals surface area (Å²) in [6, 6.07) is 17.6. The lowest BCUT2D eigenvalue weighted by Gasteiger charge is -2.18. The fourth-order valence-corrected chi connectivity index (χ4v) is 3.66. The molecule has 0 radical (unpaired) electrons. The molecule has 3 aromatic rings. The van der Waals surface area contributed by atoms with Crippen molar-refractivity contribution in [1.82, 2.24) is 15.0 Å². The lowest BCUT2D eigenvalue weighted by molar-refractivity contribution is -0.118. The summed E-state index contributed by atoms with van der Waals surface area (Å²) < 4.78 is 29.4. The molecule has 0 aliphatic carbocycles. The molecule has 0 fully saturated rings. The Morgan fingerprint density at radius 3 is 2.53 bits per heavy atom. The van der Waals surface area contributed by atoms with E-state index < -0.39 is 28.3 Å². The number of alkyl carbamates (subject to hydrolysis) is 1. The summed E-state index contributed by atoms with van der Waals surface area (Å²) in [4.78, 5) is 29.6. The zero-order valence-electron chi connectivity index (χ0n) is 18.4. The van der Waals surface area contributed by atoms with Crippen molar-refractivity contribution in [2.75, 3.05) is 11.9 Å².